The molecule has 166 valence electrons. The summed E-state index contributed by atoms with van der Waals surface area (Å²) in [5, 5.41) is 0.902. The van der Waals surface area contributed by atoms with Crippen LogP contribution in [0.2, 0.25) is 0 Å². The van der Waals surface area contributed by atoms with Crippen molar-refractivity contribution in [3.8, 4) is 0 Å². The van der Waals surface area contributed by atoms with E-state index in [1.165, 1.54) is 11.0 Å². The maximum absolute atomic E-state index is 13.8. The SMILES string of the molecule is CC(C)CCC(=O)C1=CN(C(=O)c2ccc(F)c(F)c2)CC(C)c2c1[nH]c1ncccc21. The Labute approximate surface area is 185 Å². The summed E-state index contributed by atoms with van der Waals surface area (Å²) in [6, 6.07) is 6.85. The van der Waals surface area contributed by atoms with Gasteiger partial charge in [0.05, 0.1) is 11.3 Å². The van der Waals surface area contributed by atoms with E-state index in [0.29, 0.717) is 29.3 Å². The number of hydrogen-bond acceptors (Lipinski definition) is 3. The van der Waals surface area contributed by atoms with Crippen LogP contribution in [0.5, 0.6) is 0 Å². The van der Waals surface area contributed by atoms with E-state index in [2.05, 4.69) is 9.97 Å². The standard InChI is InChI=1S/C25H25F2N3O2/c1-14(2)6-9-21(31)18-13-30(25(32)16-7-8-19(26)20(27)11-16)12-15(3)22-17-5-4-10-28-24(17)29-23(18)22/h4-5,7-8,10-11,13-15H,6,9,12H2,1-3H3,(H,28,29). The summed E-state index contributed by atoms with van der Waals surface area (Å²) < 4.78 is 27.1. The number of nitrogens with one attached hydrogen (secondary N) is 1. The number of fused-ring (bicyclic) bond motifs is 3. The van der Waals surface area contributed by atoms with Crippen LogP contribution in [0, 0.1) is 17.6 Å². The molecule has 1 unspecified atom stereocenters. The lowest BCUT2D eigenvalue weighted by molar-refractivity contribution is -0.114. The third kappa shape index (κ3) is 4.07. The zero-order chi connectivity index (χ0) is 23.0. The fourth-order valence-electron chi connectivity index (χ4n) is 4.13. The van der Waals surface area contributed by atoms with Crippen LogP contribution >= 0.6 is 0 Å². The molecule has 3 aromatic rings. The zero-order valence-electron chi connectivity index (χ0n) is 18.3. The molecule has 0 radical (unpaired) electrons. The molecule has 0 bridgehead atoms. The number of aromatic amines is 1. The highest BCUT2D eigenvalue weighted by Gasteiger charge is 2.30. The van der Waals surface area contributed by atoms with Gasteiger partial charge in [0.2, 0.25) is 0 Å². The maximum atomic E-state index is 13.8. The van der Waals surface area contributed by atoms with Gasteiger partial charge in [-0.15, -0.1) is 0 Å². The fraction of sp³-hybridized carbons (Fsp3) is 0.320. The van der Waals surface area contributed by atoms with Crippen LogP contribution in [0.3, 0.4) is 0 Å². The third-order valence-electron chi connectivity index (χ3n) is 5.80. The van der Waals surface area contributed by atoms with Gasteiger partial charge < -0.3 is 9.88 Å². The summed E-state index contributed by atoms with van der Waals surface area (Å²) in [7, 11) is 0. The number of halogens is 2. The number of hydrogen-bond donors (Lipinski definition) is 1. The van der Waals surface area contributed by atoms with Crippen molar-refractivity contribution in [1.82, 2.24) is 14.9 Å². The first-order valence-electron chi connectivity index (χ1n) is 10.7. The highest BCUT2D eigenvalue weighted by Crippen LogP contribution is 2.37. The second-order valence-corrected chi connectivity index (χ2v) is 8.70. The average molecular weight is 437 g/mol. The monoisotopic (exact) mass is 437 g/mol. The number of allylic oxidation sites excluding steroid dienone is 1. The molecule has 0 aliphatic carbocycles. The number of carbonyl (C=O) groups excluding carboxylic acids is 2. The molecule has 7 heteroatoms. The molecule has 0 spiro atoms. The molecular formula is C25H25F2N3O2. The van der Waals surface area contributed by atoms with Gasteiger partial charge in [0.1, 0.15) is 5.65 Å². The number of ketones is 1. The van der Waals surface area contributed by atoms with Crippen LogP contribution in [0.25, 0.3) is 16.6 Å². The Balaban J connectivity index is 1.81. The maximum Gasteiger partial charge on any atom is 0.257 e. The molecule has 0 fully saturated rings. The quantitative estimate of drug-likeness (QED) is 0.577. The first kappa shape index (κ1) is 21.9. The summed E-state index contributed by atoms with van der Waals surface area (Å²) in [5.74, 6) is -2.43. The summed E-state index contributed by atoms with van der Waals surface area (Å²) in [6.07, 6.45) is 4.29. The number of carbonyl (C=O) groups is 2. The van der Waals surface area contributed by atoms with Crippen molar-refractivity contribution in [2.24, 2.45) is 5.92 Å². The smallest absolute Gasteiger partial charge is 0.257 e. The first-order chi connectivity index (χ1) is 15.3. The summed E-state index contributed by atoms with van der Waals surface area (Å²) >= 11 is 0. The molecule has 1 amide bonds. The molecule has 0 saturated carbocycles. The second kappa shape index (κ2) is 8.65. The van der Waals surface area contributed by atoms with Gasteiger partial charge in [-0.2, -0.15) is 0 Å². The van der Waals surface area contributed by atoms with E-state index < -0.39 is 17.5 Å². The van der Waals surface area contributed by atoms with Crippen LogP contribution in [0.15, 0.2) is 42.7 Å². The lowest BCUT2D eigenvalue weighted by Crippen LogP contribution is -2.29. The van der Waals surface area contributed by atoms with Gasteiger partial charge in [0.15, 0.2) is 17.4 Å². The van der Waals surface area contributed by atoms with Crippen LogP contribution in [0.4, 0.5) is 8.78 Å². The number of nitrogens with zero attached hydrogens (tertiary/aromatic N) is 2. The topological polar surface area (TPSA) is 66.1 Å². The van der Waals surface area contributed by atoms with Crippen LogP contribution in [-0.2, 0) is 4.79 Å². The lowest BCUT2D eigenvalue weighted by atomic mass is 9.93. The predicted molar refractivity (Wildman–Crippen MR) is 119 cm³/mol. The average Bonchev–Trinajstić information content (AvgIpc) is 3.08. The second-order valence-electron chi connectivity index (χ2n) is 8.70. The Morgan fingerprint density at radius 3 is 2.72 bits per heavy atom. The lowest BCUT2D eigenvalue weighted by Gasteiger charge is -2.21. The first-order valence-corrected chi connectivity index (χ1v) is 10.7. The van der Waals surface area contributed by atoms with Crippen molar-refractivity contribution in [2.75, 3.05) is 6.54 Å². The van der Waals surface area contributed by atoms with E-state index in [1.54, 1.807) is 12.4 Å². The minimum absolute atomic E-state index is 0.0263. The molecule has 3 heterocycles. The molecule has 1 aliphatic heterocycles. The van der Waals surface area contributed by atoms with Gasteiger partial charge >= 0.3 is 0 Å². The molecule has 1 atom stereocenters. The molecule has 4 rings (SSSR count). The van der Waals surface area contributed by atoms with Crippen molar-refractivity contribution in [2.45, 2.75) is 39.5 Å². The van der Waals surface area contributed by atoms with Gasteiger partial charge in [-0.3, -0.25) is 9.59 Å². The van der Waals surface area contributed by atoms with E-state index in [-0.39, 0.29) is 23.8 Å². The van der Waals surface area contributed by atoms with E-state index in [4.69, 9.17) is 0 Å². The molecule has 1 N–H and O–H groups in total. The number of benzene rings is 1. The molecule has 1 aliphatic rings. The Bertz CT molecular complexity index is 1230. The van der Waals surface area contributed by atoms with E-state index >= 15 is 0 Å². The van der Waals surface area contributed by atoms with Crippen LogP contribution < -0.4 is 0 Å². The normalized spacial score (nSPS) is 16.1. The van der Waals surface area contributed by atoms with Crippen LogP contribution in [0.1, 0.15) is 61.1 Å². The van der Waals surface area contributed by atoms with Gasteiger partial charge in [-0.25, -0.2) is 13.8 Å². The number of Topliss-reactive ketones (excluding diaryl/α,β-unsaturated/α-hetero) is 1. The molecule has 5 nitrogen and oxygen atoms in total. The van der Waals surface area contributed by atoms with Gasteiger partial charge in [-0.05, 0) is 48.2 Å². The van der Waals surface area contributed by atoms with Gasteiger partial charge in [0.25, 0.3) is 5.91 Å². The molecule has 2 aromatic heterocycles. The minimum atomic E-state index is -1.08. The van der Waals surface area contributed by atoms with Crippen molar-refractivity contribution < 1.29 is 18.4 Å². The Kier molecular flexibility index (Phi) is 5.91. The van der Waals surface area contributed by atoms with Crippen molar-refractivity contribution in [3.05, 3.63) is 71.2 Å². The molecule has 32 heavy (non-hydrogen) atoms. The summed E-state index contributed by atoms with van der Waals surface area (Å²) in [5.41, 5.74) is 2.71. The van der Waals surface area contributed by atoms with E-state index in [0.717, 1.165) is 29.5 Å². The Morgan fingerprint density at radius 1 is 1.22 bits per heavy atom. The highest BCUT2D eigenvalue weighted by molar-refractivity contribution is 6.22. The van der Waals surface area contributed by atoms with Crippen LogP contribution in [-0.4, -0.2) is 33.1 Å². The zero-order valence-corrected chi connectivity index (χ0v) is 18.3. The fourth-order valence-corrected chi connectivity index (χ4v) is 4.13. The van der Waals surface area contributed by atoms with Crippen molar-refractivity contribution >= 4 is 28.3 Å². The Morgan fingerprint density at radius 2 is 2.00 bits per heavy atom. The number of rotatable bonds is 5. The summed E-state index contributed by atoms with van der Waals surface area (Å²) in [6.45, 7) is 6.36. The minimum Gasteiger partial charge on any atom is -0.339 e. The van der Waals surface area contributed by atoms with Crippen molar-refractivity contribution in [3.63, 3.8) is 0 Å². The number of pyridine rings is 1. The van der Waals surface area contributed by atoms with Gasteiger partial charge in [-0.1, -0.05) is 20.8 Å². The predicted octanol–water partition coefficient (Wildman–Crippen LogP) is 5.45. The molecular weight excluding hydrogens is 412 g/mol. The number of amides is 1. The largest absolute Gasteiger partial charge is 0.339 e. The summed E-state index contributed by atoms with van der Waals surface area (Å²) in [4.78, 5) is 35.5. The highest BCUT2D eigenvalue weighted by atomic mass is 19.2. The number of aromatic nitrogens is 2. The number of H-pyrrole nitrogens is 1. The van der Waals surface area contributed by atoms with E-state index in [1.807, 2.05) is 32.9 Å². The molecule has 0 saturated heterocycles. The van der Waals surface area contributed by atoms with Crippen molar-refractivity contribution in [1.29, 1.82) is 0 Å². The molecule has 1 aromatic carbocycles. The van der Waals surface area contributed by atoms with E-state index in [9.17, 15) is 18.4 Å². The Hall–Kier alpha value is -3.35. The third-order valence-corrected chi connectivity index (χ3v) is 5.80. The van der Waals surface area contributed by atoms with Gasteiger partial charge in [0, 0.05) is 42.2 Å².